The average molecular weight is 487 g/mol. The van der Waals surface area contributed by atoms with Crippen molar-refractivity contribution in [3.63, 3.8) is 0 Å². The number of para-hydroxylation sites is 1. The van der Waals surface area contributed by atoms with Gasteiger partial charge in [0.05, 0.1) is 0 Å². The number of fused-ring (bicyclic) bond motifs is 3. The summed E-state index contributed by atoms with van der Waals surface area (Å²) in [5.41, 5.74) is 7.76. The van der Waals surface area contributed by atoms with Crippen LogP contribution in [0, 0.1) is 0 Å². The van der Waals surface area contributed by atoms with E-state index in [0.29, 0.717) is 37.8 Å². The third-order valence-corrected chi connectivity index (χ3v) is 6.24. The summed E-state index contributed by atoms with van der Waals surface area (Å²) in [6.07, 6.45) is 3.46. The molecule has 1 atom stereocenters. The third kappa shape index (κ3) is 6.49. The normalized spacial score (nSPS) is 12.1. The molecule has 186 valence electrons. The molecule has 0 radical (unpaired) electrons. The summed E-state index contributed by atoms with van der Waals surface area (Å²) in [4.78, 5) is 36.7. The fourth-order valence-corrected chi connectivity index (χ4v) is 4.45. The van der Waals surface area contributed by atoms with Gasteiger partial charge in [0.15, 0.2) is 0 Å². The summed E-state index contributed by atoms with van der Waals surface area (Å²) in [5, 5.41) is 17.3. The number of hydrogen-bond acceptors (Lipinski definition) is 4. The Bertz CT molecular complexity index is 1230. The molecule has 0 fully saturated rings. The summed E-state index contributed by atoms with van der Waals surface area (Å²) < 4.78 is 0. The van der Waals surface area contributed by atoms with E-state index in [2.05, 4.69) is 28.1 Å². The fourth-order valence-electron chi connectivity index (χ4n) is 4.45. The van der Waals surface area contributed by atoms with Crippen LogP contribution in [0.15, 0.2) is 72.8 Å². The van der Waals surface area contributed by atoms with Crippen LogP contribution in [0.25, 0.3) is 11.1 Å². The molecule has 5 N–H and O–H groups in total. The van der Waals surface area contributed by atoms with E-state index in [1.54, 1.807) is 5.48 Å². The number of benzene rings is 3. The number of carbonyl (C=O) groups is 3. The van der Waals surface area contributed by atoms with Gasteiger partial charge in [-0.05, 0) is 65.8 Å². The lowest BCUT2D eigenvalue weighted by atomic mass is 10.1. The largest absolute Gasteiger partial charge is 0.326 e. The number of hydrogen-bond donors (Lipinski definition) is 5. The maximum Gasteiger partial charge on any atom is 0.319 e. The molecule has 0 heterocycles. The predicted molar refractivity (Wildman–Crippen MR) is 139 cm³/mol. The second kappa shape index (κ2) is 12.0. The lowest BCUT2D eigenvalue weighted by Gasteiger charge is -2.17. The highest BCUT2D eigenvalue weighted by Crippen LogP contribution is 2.37. The monoisotopic (exact) mass is 486 g/mol. The van der Waals surface area contributed by atoms with Crippen molar-refractivity contribution in [2.45, 2.75) is 44.6 Å². The van der Waals surface area contributed by atoms with Gasteiger partial charge in [0.25, 0.3) is 5.91 Å². The summed E-state index contributed by atoms with van der Waals surface area (Å²) in [6, 6.07) is 21.8. The third-order valence-electron chi connectivity index (χ3n) is 6.24. The molecule has 0 unspecified atom stereocenters. The molecule has 0 aromatic heterocycles. The van der Waals surface area contributed by atoms with Gasteiger partial charge in [0, 0.05) is 17.8 Å². The van der Waals surface area contributed by atoms with Crippen LogP contribution in [0.2, 0.25) is 0 Å². The van der Waals surface area contributed by atoms with Crippen LogP contribution in [0.5, 0.6) is 0 Å². The van der Waals surface area contributed by atoms with Crippen molar-refractivity contribution in [3.05, 3.63) is 83.9 Å². The van der Waals surface area contributed by atoms with Gasteiger partial charge in [-0.1, -0.05) is 61.4 Å². The van der Waals surface area contributed by atoms with Gasteiger partial charge >= 0.3 is 6.03 Å². The molecule has 0 spiro atoms. The van der Waals surface area contributed by atoms with Crippen molar-refractivity contribution < 1.29 is 19.6 Å². The number of unbranched alkanes of at least 4 members (excludes halogenated alkanes) is 2. The van der Waals surface area contributed by atoms with E-state index in [1.807, 2.05) is 60.7 Å². The first-order chi connectivity index (χ1) is 17.5. The Labute approximate surface area is 210 Å². The van der Waals surface area contributed by atoms with E-state index in [-0.39, 0.29) is 5.91 Å². The Morgan fingerprint density at radius 3 is 2.33 bits per heavy atom. The molecule has 0 saturated heterocycles. The molecule has 0 aliphatic heterocycles. The zero-order valence-electron chi connectivity index (χ0n) is 19.9. The van der Waals surface area contributed by atoms with Crippen molar-refractivity contribution >= 4 is 29.2 Å². The lowest BCUT2D eigenvalue weighted by molar-refractivity contribution is -0.131. The number of rotatable bonds is 10. The molecule has 4 amide bonds. The topological polar surface area (TPSA) is 120 Å². The predicted octanol–water partition coefficient (Wildman–Crippen LogP) is 4.84. The highest BCUT2D eigenvalue weighted by atomic mass is 16.5. The SMILES string of the molecule is O=C(CCCCC[C@H](NC(=O)Nc1ccc2c(c1)Cc1ccccc1-2)C(=O)NO)Nc1ccccc1. The van der Waals surface area contributed by atoms with E-state index in [1.165, 1.54) is 11.1 Å². The molecule has 3 aromatic rings. The minimum Gasteiger partial charge on any atom is -0.326 e. The number of amides is 4. The Kier molecular flexibility index (Phi) is 8.31. The van der Waals surface area contributed by atoms with Gasteiger partial charge in [-0.3, -0.25) is 14.8 Å². The van der Waals surface area contributed by atoms with Crippen molar-refractivity contribution in [1.29, 1.82) is 0 Å². The number of anilines is 2. The molecular weight excluding hydrogens is 456 g/mol. The van der Waals surface area contributed by atoms with Crippen LogP contribution >= 0.6 is 0 Å². The standard InChI is InChI=1S/C28H30N4O4/c33-26(29-21-10-3-1-4-11-21)14-6-2-5-13-25(27(34)32-36)31-28(35)30-22-15-16-24-20(18-22)17-19-9-7-8-12-23(19)24/h1,3-4,7-12,15-16,18,25,36H,2,5-6,13-14,17H2,(H,29,33)(H,32,34)(H2,30,31,35)/t25-/m0/s1. The van der Waals surface area contributed by atoms with Crippen LogP contribution in [0.4, 0.5) is 16.2 Å². The van der Waals surface area contributed by atoms with E-state index >= 15 is 0 Å². The second-order valence-electron chi connectivity index (χ2n) is 8.85. The van der Waals surface area contributed by atoms with Gasteiger partial charge in [-0.25, -0.2) is 10.3 Å². The smallest absolute Gasteiger partial charge is 0.319 e. The fraction of sp³-hybridized carbons (Fsp3) is 0.250. The van der Waals surface area contributed by atoms with Gasteiger partial charge < -0.3 is 16.0 Å². The molecule has 8 heteroatoms. The van der Waals surface area contributed by atoms with Crippen LogP contribution in [0.3, 0.4) is 0 Å². The molecule has 3 aromatic carbocycles. The van der Waals surface area contributed by atoms with Crippen LogP contribution in [0.1, 0.15) is 43.2 Å². The summed E-state index contributed by atoms with van der Waals surface area (Å²) in [5.74, 6) is -0.753. The Morgan fingerprint density at radius 2 is 1.53 bits per heavy atom. The maximum absolute atomic E-state index is 12.6. The average Bonchev–Trinajstić information content (AvgIpc) is 3.25. The number of nitrogens with one attached hydrogen (secondary N) is 4. The quantitative estimate of drug-likeness (QED) is 0.125. The lowest BCUT2D eigenvalue weighted by Crippen LogP contribution is -2.47. The summed E-state index contributed by atoms with van der Waals surface area (Å²) in [7, 11) is 0. The van der Waals surface area contributed by atoms with E-state index in [9.17, 15) is 14.4 Å². The Balaban J connectivity index is 1.22. The highest BCUT2D eigenvalue weighted by Gasteiger charge is 2.21. The Morgan fingerprint density at radius 1 is 0.778 bits per heavy atom. The number of hydroxylamine groups is 1. The van der Waals surface area contributed by atoms with Gasteiger partial charge in [0.1, 0.15) is 6.04 Å². The number of carbonyl (C=O) groups excluding carboxylic acids is 3. The van der Waals surface area contributed by atoms with Crippen LogP contribution in [-0.2, 0) is 16.0 Å². The van der Waals surface area contributed by atoms with Gasteiger partial charge in [-0.2, -0.15) is 0 Å². The minimum absolute atomic E-state index is 0.0687. The molecule has 0 saturated carbocycles. The van der Waals surface area contributed by atoms with Crippen molar-refractivity contribution in [1.82, 2.24) is 10.8 Å². The summed E-state index contributed by atoms with van der Waals surface area (Å²) in [6.45, 7) is 0. The molecular formula is C28H30N4O4. The van der Waals surface area contributed by atoms with E-state index in [0.717, 1.165) is 23.2 Å². The first-order valence-electron chi connectivity index (χ1n) is 12.1. The van der Waals surface area contributed by atoms with Crippen molar-refractivity contribution in [3.8, 4) is 11.1 Å². The maximum atomic E-state index is 12.6. The zero-order valence-corrected chi connectivity index (χ0v) is 19.9. The molecule has 1 aliphatic rings. The zero-order chi connectivity index (χ0) is 25.3. The van der Waals surface area contributed by atoms with Crippen molar-refractivity contribution in [2.75, 3.05) is 10.6 Å². The molecule has 4 rings (SSSR count). The minimum atomic E-state index is -0.896. The molecule has 36 heavy (non-hydrogen) atoms. The Hall–Kier alpha value is -4.17. The van der Waals surface area contributed by atoms with E-state index in [4.69, 9.17) is 5.21 Å². The second-order valence-corrected chi connectivity index (χ2v) is 8.85. The first-order valence-corrected chi connectivity index (χ1v) is 12.1. The molecule has 0 bridgehead atoms. The van der Waals surface area contributed by atoms with Gasteiger partial charge in [0.2, 0.25) is 5.91 Å². The molecule has 1 aliphatic carbocycles. The van der Waals surface area contributed by atoms with Crippen molar-refractivity contribution in [2.24, 2.45) is 0 Å². The molecule has 8 nitrogen and oxygen atoms in total. The first kappa shape index (κ1) is 24.9. The van der Waals surface area contributed by atoms with Crippen LogP contribution < -0.4 is 21.4 Å². The van der Waals surface area contributed by atoms with Crippen LogP contribution in [-0.4, -0.2) is 29.1 Å². The summed E-state index contributed by atoms with van der Waals surface area (Å²) >= 11 is 0. The number of urea groups is 1. The highest BCUT2D eigenvalue weighted by molar-refractivity contribution is 5.94. The van der Waals surface area contributed by atoms with E-state index < -0.39 is 18.0 Å². The van der Waals surface area contributed by atoms with Gasteiger partial charge in [-0.15, -0.1) is 0 Å².